The van der Waals surface area contributed by atoms with Gasteiger partial charge in [-0.25, -0.2) is 0 Å². The second-order valence-corrected chi connectivity index (χ2v) is 5.51. The van der Waals surface area contributed by atoms with Crippen molar-refractivity contribution in [3.8, 4) is 11.3 Å². The molecule has 21 heavy (non-hydrogen) atoms. The normalized spacial score (nSPS) is 12.1. The number of aromatic nitrogens is 2. The Morgan fingerprint density at radius 3 is 2.76 bits per heavy atom. The SMILES string of the molecule is CCC(C)NC(=O)CCn1c(-c2ccccc2)c[nH]c1=S. The molecule has 1 unspecified atom stereocenters. The number of aromatic amines is 1. The maximum absolute atomic E-state index is 11.9. The maximum Gasteiger partial charge on any atom is 0.222 e. The topological polar surface area (TPSA) is 49.8 Å². The lowest BCUT2D eigenvalue weighted by molar-refractivity contribution is -0.121. The molecule has 2 aromatic rings. The zero-order chi connectivity index (χ0) is 15.2. The molecule has 0 aliphatic rings. The predicted octanol–water partition coefficient (Wildman–Crippen LogP) is 3.52. The van der Waals surface area contributed by atoms with Crippen LogP contribution in [0.25, 0.3) is 11.3 Å². The second kappa shape index (κ2) is 7.22. The number of H-pyrrole nitrogens is 1. The van der Waals surface area contributed by atoms with Crippen molar-refractivity contribution < 1.29 is 4.79 Å². The molecule has 112 valence electrons. The largest absolute Gasteiger partial charge is 0.354 e. The molecule has 1 aromatic carbocycles. The van der Waals surface area contributed by atoms with E-state index in [2.05, 4.69) is 17.2 Å². The van der Waals surface area contributed by atoms with E-state index in [1.807, 2.05) is 48.0 Å². The number of nitrogens with one attached hydrogen (secondary N) is 2. The van der Waals surface area contributed by atoms with Crippen molar-refractivity contribution in [1.29, 1.82) is 0 Å². The number of carbonyl (C=O) groups is 1. The van der Waals surface area contributed by atoms with Crippen LogP contribution in [-0.4, -0.2) is 21.5 Å². The summed E-state index contributed by atoms with van der Waals surface area (Å²) in [6.07, 6.45) is 3.26. The summed E-state index contributed by atoms with van der Waals surface area (Å²) in [7, 11) is 0. The highest BCUT2D eigenvalue weighted by Crippen LogP contribution is 2.19. The standard InChI is InChI=1S/C16H21N3OS/c1-3-12(2)18-15(20)9-10-19-14(11-17-16(19)21)13-7-5-4-6-8-13/h4-8,11-12H,3,9-10H2,1-2H3,(H,17,21)(H,18,20). The van der Waals surface area contributed by atoms with E-state index in [9.17, 15) is 4.79 Å². The molecule has 0 radical (unpaired) electrons. The van der Waals surface area contributed by atoms with Crippen LogP contribution in [-0.2, 0) is 11.3 Å². The van der Waals surface area contributed by atoms with Gasteiger partial charge in [0.25, 0.3) is 0 Å². The highest BCUT2D eigenvalue weighted by Gasteiger charge is 2.10. The Hall–Kier alpha value is -1.88. The molecule has 0 bridgehead atoms. The minimum Gasteiger partial charge on any atom is -0.354 e. The summed E-state index contributed by atoms with van der Waals surface area (Å²) < 4.78 is 2.62. The Morgan fingerprint density at radius 1 is 1.38 bits per heavy atom. The molecular formula is C16H21N3OS. The summed E-state index contributed by atoms with van der Waals surface area (Å²) in [6, 6.07) is 10.2. The first-order valence-corrected chi connectivity index (χ1v) is 7.65. The van der Waals surface area contributed by atoms with Gasteiger partial charge >= 0.3 is 0 Å². The lowest BCUT2D eigenvalue weighted by atomic mass is 10.1. The Balaban J connectivity index is 2.09. The van der Waals surface area contributed by atoms with Gasteiger partial charge in [-0.2, -0.15) is 0 Å². The van der Waals surface area contributed by atoms with Crippen LogP contribution < -0.4 is 5.32 Å². The summed E-state index contributed by atoms with van der Waals surface area (Å²) >= 11 is 5.31. The Morgan fingerprint density at radius 2 is 2.10 bits per heavy atom. The number of hydrogen-bond donors (Lipinski definition) is 2. The third-order valence-electron chi connectivity index (χ3n) is 3.52. The van der Waals surface area contributed by atoms with Crippen LogP contribution in [0.4, 0.5) is 0 Å². The van der Waals surface area contributed by atoms with Crippen molar-refractivity contribution in [1.82, 2.24) is 14.9 Å². The summed E-state index contributed by atoms with van der Waals surface area (Å²) in [4.78, 5) is 15.0. The van der Waals surface area contributed by atoms with Crippen LogP contribution in [0, 0.1) is 4.77 Å². The van der Waals surface area contributed by atoms with Gasteiger partial charge in [-0.15, -0.1) is 0 Å². The molecule has 0 aliphatic carbocycles. The zero-order valence-corrected chi connectivity index (χ0v) is 13.2. The van der Waals surface area contributed by atoms with E-state index in [1.165, 1.54) is 0 Å². The van der Waals surface area contributed by atoms with E-state index in [4.69, 9.17) is 12.2 Å². The smallest absolute Gasteiger partial charge is 0.222 e. The average Bonchev–Trinajstić information content (AvgIpc) is 2.87. The third kappa shape index (κ3) is 4.04. The fraction of sp³-hybridized carbons (Fsp3) is 0.375. The van der Waals surface area contributed by atoms with Crippen molar-refractivity contribution >= 4 is 18.1 Å². The fourth-order valence-electron chi connectivity index (χ4n) is 2.13. The highest BCUT2D eigenvalue weighted by molar-refractivity contribution is 7.71. The number of imidazole rings is 1. The van der Waals surface area contributed by atoms with Gasteiger partial charge in [0.1, 0.15) is 0 Å². The van der Waals surface area contributed by atoms with Crippen LogP contribution in [0.2, 0.25) is 0 Å². The molecule has 1 heterocycles. The second-order valence-electron chi connectivity index (χ2n) is 5.12. The summed E-state index contributed by atoms with van der Waals surface area (Å²) in [5, 5.41) is 2.97. The summed E-state index contributed by atoms with van der Waals surface area (Å²) in [5.74, 6) is 0.0615. The molecule has 1 amide bonds. The molecule has 1 atom stereocenters. The van der Waals surface area contributed by atoms with Gasteiger partial charge in [0.2, 0.25) is 5.91 Å². The Bertz CT molecular complexity index is 645. The number of nitrogens with zero attached hydrogens (tertiary/aromatic N) is 1. The average molecular weight is 303 g/mol. The fourth-order valence-corrected chi connectivity index (χ4v) is 2.38. The van der Waals surface area contributed by atoms with E-state index in [0.717, 1.165) is 17.7 Å². The van der Waals surface area contributed by atoms with Crippen LogP contribution >= 0.6 is 12.2 Å². The van der Waals surface area contributed by atoms with Gasteiger partial charge in [0.05, 0.1) is 5.69 Å². The molecule has 1 aromatic heterocycles. The van der Waals surface area contributed by atoms with Crippen molar-refractivity contribution in [3.05, 3.63) is 41.3 Å². The van der Waals surface area contributed by atoms with Gasteiger partial charge < -0.3 is 14.9 Å². The summed E-state index contributed by atoms with van der Waals surface area (Å²) in [5.41, 5.74) is 2.10. The Kier molecular flexibility index (Phi) is 5.33. The Labute approximate surface area is 130 Å². The van der Waals surface area contributed by atoms with Gasteiger partial charge in [-0.1, -0.05) is 37.3 Å². The lowest BCUT2D eigenvalue weighted by Gasteiger charge is -2.12. The summed E-state index contributed by atoms with van der Waals surface area (Å²) in [6.45, 7) is 4.64. The molecule has 5 heteroatoms. The van der Waals surface area contributed by atoms with E-state index in [1.54, 1.807) is 0 Å². The zero-order valence-electron chi connectivity index (χ0n) is 12.4. The molecular weight excluding hydrogens is 282 g/mol. The van der Waals surface area contributed by atoms with Crippen molar-refractivity contribution in [2.24, 2.45) is 0 Å². The minimum absolute atomic E-state index is 0.0615. The molecule has 0 aliphatic heterocycles. The number of rotatable bonds is 6. The minimum atomic E-state index is 0.0615. The first-order valence-electron chi connectivity index (χ1n) is 7.24. The number of carbonyl (C=O) groups excluding carboxylic acids is 1. The van der Waals surface area contributed by atoms with Crippen LogP contribution in [0.3, 0.4) is 0 Å². The molecule has 4 nitrogen and oxygen atoms in total. The molecule has 0 fully saturated rings. The molecule has 0 spiro atoms. The van der Waals surface area contributed by atoms with Crippen LogP contribution in [0.15, 0.2) is 36.5 Å². The highest BCUT2D eigenvalue weighted by atomic mass is 32.1. The van der Waals surface area contributed by atoms with Gasteiger partial charge in [-0.3, -0.25) is 4.79 Å². The number of hydrogen-bond acceptors (Lipinski definition) is 2. The van der Waals surface area contributed by atoms with Crippen molar-refractivity contribution in [3.63, 3.8) is 0 Å². The van der Waals surface area contributed by atoms with E-state index in [0.29, 0.717) is 17.7 Å². The van der Waals surface area contributed by atoms with Gasteiger partial charge in [0.15, 0.2) is 4.77 Å². The van der Waals surface area contributed by atoms with E-state index >= 15 is 0 Å². The van der Waals surface area contributed by atoms with Crippen molar-refractivity contribution in [2.75, 3.05) is 0 Å². The third-order valence-corrected chi connectivity index (χ3v) is 3.86. The molecule has 0 saturated heterocycles. The maximum atomic E-state index is 11.9. The van der Waals surface area contributed by atoms with Gasteiger partial charge in [0, 0.05) is 25.2 Å². The number of amides is 1. The van der Waals surface area contributed by atoms with E-state index in [-0.39, 0.29) is 11.9 Å². The molecule has 2 rings (SSSR count). The van der Waals surface area contributed by atoms with E-state index < -0.39 is 0 Å². The monoisotopic (exact) mass is 303 g/mol. The quantitative estimate of drug-likeness (QED) is 0.802. The predicted molar refractivity (Wildman–Crippen MR) is 87.6 cm³/mol. The van der Waals surface area contributed by atoms with Crippen LogP contribution in [0.1, 0.15) is 26.7 Å². The van der Waals surface area contributed by atoms with Crippen molar-refractivity contribution in [2.45, 2.75) is 39.3 Å². The first kappa shape index (κ1) is 15.5. The molecule has 2 N–H and O–H groups in total. The number of benzene rings is 1. The molecule has 0 saturated carbocycles. The van der Waals surface area contributed by atoms with Gasteiger partial charge in [-0.05, 0) is 31.1 Å². The lowest BCUT2D eigenvalue weighted by Crippen LogP contribution is -2.32. The first-order chi connectivity index (χ1) is 10.1. The van der Waals surface area contributed by atoms with Crippen LogP contribution in [0.5, 0.6) is 0 Å².